The van der Waals surface area contributed by atoms with Gasteiger partial charge in [0, 0.05) is 6.92 Å². The number of aliphatic carboxylic acids is 1. The van der Waals surface area contributed by atoms with Gasteiger partial charge in [-0.1, -0.05) is 0 Å². The smallest absolute Gasteiger partial charge is 0.359 e. The van der Waals surface area contributed by atoms with Crippen LogP contribution in [0.2, 0.25) is 0 Å². The first kappa shape index (κ1) is 14.9. The molecule has 0 bridgehead atoms. The maximum Gasteiger partial charge on any atom is 0.359 e. The first-order valence-corrected chi connectivity index (χ1v) is 4.34. The predicted octanol–water partition coefficient (Wildman–Crippen LogP) is -2.48. The van der Waals surface area contributed by atoms with Crippen molar-refractivity contribution in [1.29, 1.82) is 0 Å². The molecule has 0 aliphatic carbocycles. The summed E-state index contributed by atoms with van der Waals surface area (Å²) in [7, 11) is 5.18. The van der Waals surface area contributed by atoms with Crippen LogP contribution in [0, 0.1) is 0 Å². The van der Waals surface area contributed by atoms with Gasteiger partial charge in [0.15, 0.2) is 0 Å². The zero-order chi connectivity index (χ0) is 13.4. The van der Waals surface area contributed by atoms with Crippen LogP contribution in [0.25, 0.3) is 0 Å². The fourth-order valence-electron chi connectivity index (χ4n) is 1.01. The molecule has 8 heteroatoms. The van der Waals surface area contributed by atoms with Crippen molar-refractivity contribution in [1.82, 2.24) is 5.32 Å². The van der Waals surface area contributed by atoms with Crippen LogP contribution in [0.1, 0.15) is 20.8 Å². The quantitative estimate of drug-likeness (QED) is 0.269. The number of amides is 1. The minimum atomic E-state index is -3.20. The van der Waals surface area contributed by atoms with Crippen molar-refractivity contribution in [2.24, 2.45) is 0 Å². The van der Waals surface area contributed by atoms with E-state index in [2.05, 4.69) is 0 Å². The average molecular weight is 231 g/mol. The molecule has 1 amide bonds. The van der Waals surface area contributed by atoms with E-state index in [-0.39, 0.29) is 0 Å². The lowest BCUT2D eigenvalue weighted by molar-refractivity contribution is -0.217. The third-order valence-corrected chi connectivity index (χ3v) is 2.15. The van der Waals surface area contributed by atoms with Gasteiger partial charge in [0.25, 0.3) is 5.72 Å². The number of aliphatic hydroxyl groups is 3. The van der Waals surface area contributed by atoms with Crippen LogP contribution in [-0.2, 0) is 9.59 Å². The number of rotatable bonds is 4. The van der Waals surface area contributed by atoms with Crippen LogP contribution >= 0.6 is 0 Å². The number of nitrogens with one attached hydrogen (secondary N) is 1. The monoisotopic (exact) mass is 231 g/mol. The van der Waals surface area contributed by atoms with Crippen LogP contribution in [0.4, 0.5) is 0 Å². The topological polar surface area (TPSA) is 127 Å². The van der Waals surface area contributed by atoms with E-state index in [1.165, 1.54) is 0 Å². The molecule has 5 N–H and O–H groups in total. The van der Waals surface area contributed by atoms with Crippen LogP contribution in [0.3, 0.4) is 0 Å². The summed E-state index contributed by atoms with van der Waals surface area (Å²) in [4.78, 5) is 21.6. The molecule has 0 aromatic rings. The Morgan fingerprint density at radius 1 is 1.19 bits per heavy atom. The van der Waals surface area contributed by atoms with Gasteiger partial charge in [-0.15, -0.1) is 0 Å². The number of carbonyl (C=O) groups is 2. The van der Waals surface area contributed by atoms with Gasteiger partial charge in [-0.3, -0.25) is 4.79 Å². The fourth-order valence-corrected chi connectivity index (χ4v) is 1.01. The summed E-state index contributed by atoms with van der Waals surface area (Å²) in [6.45, 7) is 2.90. The molecule has 90 valence electrons. The van der Waals surface area contributed by atoms with Gasteiger partial charge >= 0.3 is 5.97 Å². The summed E-state index contributed by atoms with van der Waals surface area (Å²) in [5.74, 6) is -2.92. The van der Waals surface area contributed by atoms with E-state index >= 15 is 0 Å². The lowest BCUT2D eigenvalue weighted by Crippen LogP contribution is -2.76. The largest absolute Gasteiger partial charge is 0.478 e. The Morgan fingerprint density at radius 2 is 1.56 bits per heavy atom. The first-order valence-electron chi connectivity index (χ1n) is 4.34. The fraction of sp³-hybridized carbons (Fsp3) is 0.750. The normalized spacial score (nSPS) is 19.4. The molecule has 16 heavy (non-hydrogen) atoms. The Kier molecular flexibility index (Phi) is 3.76. The van der Waals surface area contributed by atoms with E-state index in [0.29, 0.717) is 0 Å². The zero-order valence-corrected chi connectivity index (χ0v) is 9.18. The van der Waals surface area contributed by atoms with Gasteiger partial charge < -0.3 is 25.7 Å². The molecule has 0 saturated carbocycles. The number of carbonyl (C=O) groups excluding carboxylic acids is 1. The van der Waals surface area contributed by atoms with Gasteiger partial charge in [0.1, 0.15) is 13.3 Å². The van der Waals surface area contributed by atoms with Crippen molar-refractivity contribution >= 4 is 19.7 Å². The Balaban J connectivity index is 5.53. The predicted molar refractivity (Wildman–Crippen MR) is 53.4 cm³/mol. The zero-order valence-electron chi connectivity index (χ0n) is 9.18. The van der Waals surface area contributed by atoms with Crippen LogP contribution in [-0.4, -0.2) is 57.0 Å². The molecule has 2 atom stereocenters. The molecule has 0 fully saturated rings. The van der Waals surface area contributed by atoms with Gasteiger partial charge in [-0.2, -0.15) is 0 Å². The maximum atomic E-state index is 10.8. The first-order chi connectivity index (χ1) is 6.86. The molecule has 0 aromatic carbocycles. The molecule has 0 aliphatic rings. The van der Waals surface area contributed by atoms with E-state index in [1.54, 1.807) is 5.32 Å². The number of carboxylic acid groups (broad SMARTS) is 1. The Hall–Kier alpha value is -1.12. The minimum Gasteiger partial charge on any atom is -0.478 e. The SMILES string of the molecule is [B]C(O)(C(C)(C)O)C(O)(NC(C)=O)C(=O)O. The van der Waals surface area contributed by atoms with Crippen molar-refractivity contribution in [3.05, 3.63) is 0 Å². The highest BCUT2D eigenvalue weighted by Crippen LogP contribution is 2.28. The molecular weight excluding hydrogens is 217 g/mol. The average Bonchev–Trinajstić information content (AvgIpc) is 1.99. The molecule has 0 rings (SSSR count). The highest BCUT2D eigenvalue weighted by molar-refractivity contribution is 6.18. The van der Waals surface area contributed by atoms with Crippen molar-refractivity contribution < 1.29 is 30.0 Å². The van der Waals surface area contributed by atoms with E-state index in [1.807, 2.05) is 0 Å². The Labute approximate surface area is 93.5 Å². The maximum absolute atomic E-state index is 10.8. The van der Waals surface area contributed by atoms with Gasteiger partial charge in [-0.05, 0) is 13.8 Å². The number of hydrogen-bond donors (Lipinski definition) is 5. The Bertz CT molecular complexity index is 310. The minimum absolute atomic E-state index is 0.925. The van der Waals surface area contributed by atoms with Gasteiger partial charge in [-0.25, -0.2) is 4.79 Å². The highest BCUT2D eigenvalue weighted by atomic mass is 16.4. The summed E-state index contributed by atoms with van der Waals surface area (Å²) in [6.07, 6.45) is 0. The molecule has 0 aromatic heterocycles. The van der Waals surface area contributed by atoms with Crippen molar-refractivity contribution in [3.63, 3.8) is 0 Å². The van der Waals surface area contributed by atoms with Crippen LogP contribution < -0.4 is 5.32 Å². The Morgan fingerprint density at radius 3 is 1.75 bits per heavy atom. The van der Waals surface area contributed by atoms with Gasteiger partial charge in [0.2, 0.25) is 5.91 Å². The van der Waals surface area contributed by atoms with E-state index < -0.39 is 28.7 Å². The lowest BCUT2D eigenvalue weighted by Gasteiger charge is -2.45. The van der Waals surface area contributed by atoms with Crippen molar-refractivity contribution in [2.45, 2.75) is 37.6 Å². The second kappa shape index (κ2) is 4.04. The molecule has 2 radical (unpaired) electrons. The molecular formula is C8H14BNO6. The summed E-state index contributed by atoms with van der Waals surface area (Å²) < 4.78 is 0. The molecule has 0 aliphatic heterocycles. The summed E-state index contributed by atoms with van der Waals surface area (Å²) in [5, 5.41) is 39.2. The second-order valence-electron chi connectivity index (χ2n) is 4.02. The van der Waals surface area contributed by atoms with Crippen LogP contribution in [0.5, 0.6) is 0 Å². The van der Waals surface area contributed by atoms with E-state index in [4.69, 9.17) is 13.0 Å². The molecule has 0 heterocycles. The summed E-state index contributed by atoms with van der Waals surface area (Å²) >= 11 is 0. The van der Waals surface area contributed by atoms with Gasteiger partial charge in [0.05, 0.1) is 5.60 Å². The third-order valence-electron chi connectivity index (χ3n) is 2.15. The third kappa shape index (κ3) is 2.34. The highest BCUT2D eigenvalue weighted by Gasteiger charge is 2.59. The number of carboxylic acids is 1. The molecule has 7 nitrogen and oxygen atoms in total. The molecule has 2 unspecified atom stereocenters. The van der Waals surface area contributed by atoms with E-state index in [0.717, 1.165) is 20.8 Å². The standard InChI is InChI=1S/C8H14BNO6/c1-4(11)10-7(15,5(12)13)8(9,16)6(2,3)14/h14-16H,1-3H3,(H,10,11)(H,12,13). The number of hydrogen-bond acceptors (Lipinski definition) is 5. The van der Waals surface area contributed by atoms with Crippen molar-refractivity contribution in [3.8, 4) is 0 Å². The summed E-state index contributed by atoms with van der Waals surface area (Å²) in [6, 6.07) is 0. The van der Waals surface area contributed by atoms with E-state index in [9.17, 15) is 24.9 Å². The second-order valence-corrected chi connectivity index (χ2v) is 4.02. The lowest BCUT2D eigenvalue weighted by atomic mass is 9.63. The van der Waals surface area contributed by atoms with Crippen molar-refractivity contribution in [2.75, 3.05) is 0 Å². The van der Waals surface area contributed by atoms with Crippen LogP contribution in [0.15, 0.2) is 0 Å². The molecule has 0 saturated heterocycles. The summed E-state index contributed by atoms with van der Waals surface area (Å²) in [5.41, 5.74) is -8.34. The molecule has 0 spiro atoms.